The van der Waals surface area contributed by atoms with Gasteiger partial charge in [-0.25, -0.2) is 9.37 Å². The van der Waals surface area contributed by atoms with Crippen LogP contribution in [-0.4, -0.2) is 67.2 Å². The molecule has 0 amide bonds. The lowest BCUT2D eigenvalue weighted by atomic mass is 10.0. The zero-order chi connectivity index (χ0) is 23.3. The zero-order valence-corrected chi connectivity index (χ0v) is 21.5. The number of halogens is 3. The van der Waals surface area contributed by atoms with Crippen molar-refractivity contribution in [3.05, 3.63) is 48.5 Å². The van der Waals surface area contributed by atoms with E-state index in [1.807, 2.05) is 18.2 Å². The average Bonchev–Trinajstić information content (AvgIpc) is 3.18. The lowest BCUT2D eigenvalue weighted by Crippen LogP contribution is -2.55. The van der Waals surface area contributed by atoms with Crippen LogP contribution in [0.3, 0.4) is 0 Å². The van der Waals surface area contributed by atoms with Gasteiger partial charge in [-0.1, -0.05) is 0 Å². The van der Waals surface area contributed by atoms with Crippen molar-refractivity contribution in [2.24, 2.45) is 7.05 Å². The summed E-state index contributed by atoms with van der Waals surface area (Å²) in [4.78, 5) is 8.99. The van der Waals surface area contributed by atoms with E-state index in [4.69, 9.17) is 0 Å². The van der Waals surface area contributed by atoms with Crippen LogP contribution in [0.25, 0.3) is 33.4 Å². The van der Waals surface area contributed by atoms with Crippen molar-refractivity contribution in [3.63, 3.8) is 0 Å². The van der Waals surface area contributed by atoms with Crippen molar-refractivity contribution >= 4 is 41.5 Å². The first-order chi connectivity index (χ1) is 15.8. The summed E-state index contributed by atoms with van der Waals surface area (Å²) in [6.07, 6.45) is 3.36. The Morgan fingerprint density at radius 3 is 2.31 bits per heavy atom. The highest BCUT2D eigenvalue weighted by molar-refractivity contribution is 5.86. The molecule has 0 radical (unpaired) electrons. The summed E-state index contributed by atoms with van der Waals surface area (Å²) in [6.45, 7) is 6.16. The second-order valence-corrected chi connectivity index (χ2v) is 8.84. The van der Waals surface area contributed by atoms with Crippen molar-refractivity contribution in [1.29, 1.82) is 0 Å². The Bertz CT molecular complexity index is 1320. The standard InChI is InChI=1S/C24H26FN7O.2ClH/c1-14-11-32(12-15(2)31(14)4)22-6-5-20(27-28-22)24-21(33)9-17(10-26-24)16-7-18-13-30(3)29-23(18)19(25)8-16;;/h5-10,13-15,33H,11-12H2,1-4H3;2*1H/t14-,15+;;. The number of pyridine rings is 1. The topological polar surface area (TPSA) is 83.2 Å². The molecule has 2 atom stereocenters. The number of benzene rings is 1. The van der Waals surface area contributed by atoms with Gasteiger partial charge in [-0.05, 0) is 56.8 Å². The molecular formula is C24H28Cl2FN7O. The predicted octanol–water partition coefficient (Wildman–Crippen LogP) is 4.31. The van der Waals surface area contributed by atoms with Gasteiger partial charge < -0.3 is 10.0 Å². The van der Waals surface area contributed by atoms with Crippen LogP contribution in [0.15, 0.2) is 42.7 Å². The third kappa shape index (κ3) is 5.03. The lowest BCUT2D eigenvalue weighted by molar-refractivity contribution is 0.169. The average molecular weight is 520 g/mol. The Morgan fingerprint density at radius 1 is 0.971 bits per heavy atom. The summed E-state index contributed by atoms with van der Waals surface area (Å²) < 4.78 is 16.0. The molecule has 1 aromatic carbocycles. The molecule has 35 heavy (non-hydrogen) atoms. The highest BCUT2D eigenvalue weighted by Gasteiger charge is 2.27. The fourth-order valence-corrected chi connectivity index (χ4v) is 4.40. The van der Waals surface area contributed by atoms with Crippen molar-refractivity contribution in [2.75, 3.05) is 25.0 Å². The van der Waals surface area contributed by atoms with Crippen LogP contribution in [0.2, 0.25) is 0 Å². The maximum atomic E-state index is 14.5. The normalized spacial score (nSPS) is 18.3. The van der Waals surface area contributed by atoms with Gasteiger partial charge in [0.15, 0.2) is 11.6 Å². The highest BCUT2D eigenvalue weighted by atomic mass is 35.5. The summed E-state index contributed by atoms with van der Waals surface area (Å²) in [5, 5.41) is 24.2. The largest absolute Gasteiger partial charge is 0.506 e. The van der Waals surface area contributed by atoms with Crippen molar-refractivity contribution in [2.45, 2.75) is 25.9 Å². The number of hydrogen-bond donors (Lipinski definition) is 1. The molecule has 4 heterocycles. The van der Waals surface area contributed by atoms with Crippen LogP contribution in [0, 0.1) is 5.82 Å². The first-order valence-corrected chi connectivity index (χ1v) is 10.9. The summed E-state index contributed by atoms with van der Waals surface area (Å²) in [5.41, 5.74) is 2.34. The van der Waals surface area contributed by atoms with Crippen LogP contribution in [0.5, 0.6) is 5.75 Å². The summed E-state index contributed by atoms with van der Waals surface area (Å²) in [7, 11) is 3.89. The van der Waals surface area contributed by atoms with E-state index in [1.54, 1.807) is 30.2 Å². The van der Waals surface area contributed by atoms with Gasteiger partial charge in [0.25, 0.3) is 0 Å². The smallest absolute Gasteiger partial charge is 0.151 e. The van der Waals surface area contributed by atoms with Gasteiger partial charge in [0, 0.05) is 55.6 Å². The van der Waals surface area contributed by atoms with E-state index in [0.717, 1.165) is 18.9 Å². The molecule has 0 saturated carbocycles. The molecule has 3 aromatic heterocycles. The Labute approximate surface area is 215 Å². The van der Waals surface area contributed by atoms with Gasteiger partial charge in [0.05, 0.1) is 0 Å². The third-order valence-corrected chi connectivity index (χ3v) is 6.45. The molecule has 0 aliphatic carbocycles. The van der Waals surface area contributed by atoms with Crippen LogP contribution in [0.4, 0.5) is 10.2 Å². The van der Waals surface area contributed by atoms with Gasteiger partial charge in [-0.3, -0.25) is 9.58 Å². The van der Waals surface area contributed by atoms with E-state index < -0.39 is 5.82 Å². The quantitative estimate of drug-likeness (QED) is 0.431. The van der Waals surface area contributed by atoms with Crippen LogP contribution in [-0.2, 0) is 7.05 Å². The van der Waals surface area contributed by atoms with E-state index in [0.29, 0.717) is 45.5 Å². The lowest BCUT2D eigenvalue weighted by Gasteiger charge is -2.42. The van der Waals surface area contributed by atoms with Crippen molar-refractivity contribution in [1.82, 2.24) is 29.9 Å². The molecule has 0 spiro atoms. The number of aromatic nitrogens is 5. The molecule has 186 valence electrons. The zero-order valence-electron chi connectivity index (χ0n) is 19.9. The van der Waals surface area contributed by atoms with Gasteiger partial charge in [-0.15, -0.1) is 35.0 Å². The summed E-state index contributed by atoms with van der Waals surface area (Å²) >= 11 is 0. The Kier molecular flexibility index (Phi) is 7.83. The number of hydrogen-bond acceptors (Lipinski definition) is 7. The van der Waals surface area contributed by atoms with E-state index in [9.17, 15) is 9.50 Å². The van der Waals surface area contributed by atoms with Crippen LogP contribution < -0.4 is 4.90 Å². The summed E-state index contributed by atoms with van der Waals surface area (Å²) in [6, 6.07) is 9.37. The Morgan fingerprint density at radius 2 is 1.69 bits per heavy atom. The minimum Gasteiger partial charge on any atom is -0.506 e. The predicted molar refractivity (Wildman–Crippen MR) is 140 cm³/mol. The molecule has 1 N–H and O–H groups in total. The van der Waals surface area contributed by atoms with E-state index in [2.05, 4.69) is 51.0 Å². The van der Waals surface area contributed by atoms with Gasteiger partial charge in [0.2, 0.25) is 0 Å². The van der Waals surface area contributed by atoms with Gasteiger partial charge in [-0.2, -0.15) is 5.10 Å². The third-order valence-electron chi connectivity index (χ3n) is 6.45. The van der Waals surface area contributed by atoms with Crippen molar-refractivity contribution in [3.8, 4) is 28.3 Å². The molecule has 1 saturated heterocycles. The molecule has 1 aliphatic rings. The van der Waals surface area contributed by atoms with Crippen LogP contribution >= 0.6 is 24.8 Å². The first kappa shape index (κ1) is 26.6. The summed E-state index contributed by atoms with van der Waals surface area (Å²) in [5.74, 6) is 0.352. The molecule has 5 rings (SSSR count). The highest BCUT2D eigenvalue weighted by Crippen LogP contribution is 2.32. The molecular weight excluding hydrogens is 492 g/mol. The number of rotatable bonds is 3. The number of likely N-dealkylation sites (N-methyl/N-ethyl adjacent to an activating group) is 1. The minimum absolute atomic E-state index is 0. The van der Waals surface area contributed by atoms with E-state index >= 15 is 0 Å². The van der Waals surface area contributed by atoms with Crippen molar-refractivity contribution < 1.29 is 9.50 Å². The molecule has 1 fully saturated rings. The number of anilines is 1. The minimum atomic E-state index is -0.416. The maximum Gasteiger partial charge on any atom is 0.151 e. The molecule has 0 bridgehead atoms. The Balaban J connectivity index is 0.00000171. The molecule has 0 unspecified atom stereocenters. The first-order valence-electron chi connectivity index (χ1n) is 10.9. The van der Waals surface area contributed by atoms with E-state index in [1.165, 1.54) is 6.07 Å². The maximum absolute atomic E-state index is 14.5. The number of nitrogens with zero attached hydrogens (tertiary/aromatic N) is 7. The van der Waals surface area contributed by atoms with Crippen LogP contribution in [0.1, 0.15) is 13.8 Å². The molecule has 4 aromatic rings. The SMILES string of the molecule is C[C@@H]1CN(c2ccc(-c3ncc(-c4cc(F)c5nn(C)cc5c4)cc3O)nn2)C[C@H](C)N1C.Cl.Cl. The monoisotopic (exact) mass is 519 g/mol. The van der Waals surface area contributed by atoms with Gasteiger partial charge in [0.1, 0.15) is 22.7 Å². The second-order valence-electron chi connectivity index (χ2n) is 8.84. The fraction of sp³-hybridized carbons (Fsp3) is 0.333. The fourth-order valence-electron chi connectivity index (χ4n) is 4.40. The molecule has 8 nitrogen and oxygen atoms in total. The van der Waals surface area contributed by atoms with Gasteiger partial charge >= 0.3 is 0 Å². The van der Waals surface area contributed by atoms with E-state index in [-0.39, 0.29) is 30.6 Å². The number of aromatic hydroxyl groups is 1. The Hall–Kier alpha value is -3.01. The second kappa shape index (κ2) is 10.3. The molecule has 11 heteroatoms. The number of fused-ring (bicyclic) bond motifs is 1. The molecule has 1 aliphatic heterocycles. The number of aryl methyl sites for hydroxylation is 1. The number of piperazine rings is 1.